The molecule has 0 aliphatic carbocycles. The number of rotatable bonds is 14. The number of hydrogen-bond acceptors (Lipinski definition) is 8. The molecule has 0 aliphatic rings. The van der Waals surface area contributed by atoms with Crippen LogP contribution < -0.4 is 30.4 Å². The van der Waals surface area contributed by atoms with Crippen molar-refractivity contribution in [1.82, 2.24) is 0 Å². The van der Waals surface area contributed by atoms with Gasteiger partial charge in [-0.2, -0.15) is 0 Å². The fourth-order valence-corrected chi connectivity index (χ4v) is 5.44. The second-order valence-corrected chi connectivity index (χ2v) is 11.4. The predicted molar refractivity (Wildman–Crippen MR) is 161 cm³/mol. The summed E-state index contributed by atoms with van der Waals surface area (Å²) in [7, 11) is 0. The minimum atomic E-state index is -0.648. The Morgan fingerprint density at radius 2 is 1.02 bits per heavy atom. The average Bonchev–Trinajstić information content (AvgIpc) is 2.95. The van der Waals surface area contributed by atoms with Crippen molar-refractivity contribution >= 4 is 35.3 Å². The first-order valence-corrected chi connectivity index (χ1v) is 14.4. The third kappa shape index (κ3) is 8.86. The summed E-state index contributed by atoms with van der Waals surface area (Å²) in [4.78, 5) is 26.3. The summed E-state index contributed by atoms with van der Waals surface area (Å²) in [6.45, 7) is 3.58. The number of carbonyl (C=O) groups excluding carboxylic acids is 2. The fraction of sp³-hybridized carbons (Fsp3) is 0.161. The van der Waals surface area contributed by atoms with E-state index in [-0.39, 0.29) is 28.8 Å². The molecule has 2 amide bonds. The molecule has 4 aromatic rings. The zero-order valence-corrected chi connectivity index (χ0v) is 24.2. The Morgan fingerprint density at radius 1 is 0.634 bits per heavy atom. The number of primary amides is 2. The fourth-order valence-electron chi connectivity index (χ4n) is 3.74. The summed E-state index contributed by atoms with van der Waals surface area (Å²) in [5.74, 6) is 0.119. The van der Waals surface area contributed by atoms with E-state index in [1.165, 1.54) is 35.7 Å². The van der Waals surface area contributed by atoms with Gasteiger partial charge in [-0.15, -0.1) is 0 Å². The monoisotopic (exact) mass is 590 g/mol. The van der Waals surface area contributed by atoms with E-state index in [0.29, 0.717) is 23.0 Å². The van der Waals surface area contributed by atoms with Crippen molar-refractivity contribution in [3.8, 4) is 23.0 Å². The molecule has 10 heteroatoms. The van der Waals surface area contributed by atoms with Gasteiger partial charge in [0.1, 0.15) is 33.9 Å². The highest BCUT2D eigenvalue weighted by atomic mass is 32.2. The Hall–Kier alpha value is -4.28. The number of nitrogens with two attached hydrogens (primary N) is 2. The van der Waals surface area contributed by atoms with Crippen LogP contribution in [0, 0.1) is 0 Å². The molecule has 0 radical (unpaired) electrons. The normalized spacial score (nSPS) is 12.1. The Labute approximate surface area is 247 Å². The molecule has 4 aromatic carbocycles. The molecular weight excluding hydrogens is 560 g/mol. The molecule has 0 heterocycles. The van der Waals surface area contributed by atoms with Crippen LogP contribution in [0.4, 0.5) is 0 Å². The highest BCUT2D eigenvalue weighted by molar-refractivity contribution is 8.00. The molecule has 41 heavy (non-hydrogen) atoms. The second kappa shape index (κ2) is 14.4. The van der Waals surface area contributed by atoms with Gasteiger partial charge in [-0.05, 0) is 74.5 Å². The number of benzene rings is 4. The third-order valence-corrected chi connectivity index (χ3v) is 7.51. The van der Waals surface area contributed by atoms with Gasteiger partial charge in [0.25, 0.3) is 11.8 Å². The first-order chi connectivity index (χ1) is 19.8. The Morgan fingerprint density at radius 3 is 1.39 bits per heavy atom. The first kappa shape index (κ1) is 29.7. The smallest absolute Gasteiger partial charge is 0.252 e. The van der Waals surface area contributed by atoms with Crippen molar-refractivity contribution in [2.75, 3.05) is 6.79 Å². The summed E-state index contributed by atoms with van der Waals surface area (Å²) < 4.78 is 23.3. The number of carbonyl (C=O) groups is 2. The van der Waals surface area contributed by atoms with E-state index in [1.807, 2.05) is 74.5 Å². The predicted octanol–water partition coefficient (Wildman–Crippen LogP) is 6.33. The van der Waals surface area contributed by atoms with Crippen molar-refractivity contribution in [1.29, 1.82) is 0 Å². The molecule has 0 saturated carbocycles. The lowest BCUT2D eigenvalue weighted by Crippen LogP contribution is -2.17. The average molecular weight is 591 g/mol. The van der Waals surface area contributed by atoms with Gasteiger partial charge in [-0.3, -0.25) is 9.59 Å². The summed E-state index contributed by atoms with van der Waals surface area (Å²) in [6, 6.07) is 29.2. The molecule has 212 valence electrons. The maximum atomic E-state index is 12.1. The van der Waals surface area contributed by atoms with Gasteiger partial charge in [0.05, 0.1) is 11.1 Å². The second-order valence-electron chi connectivity index (χ2n) is 8.68. The molecule has 8 nitrogen and oxygen atoms in total. The van der Waals surface area contributed by atoms with Crippen LogP contribution in [-0.4, -0.2) is 29.5 Å². The number of ether oxygens (including phenoxy) is 4. The summed E-state index contributed by atoms with van der Waals surface area (Å²) in [5, 5.41) is 0. The maximum absolute atomic E-state index is 12.1. The van der Waals surface area contributed by atoms with Crippen molar-refractivity contribution < 1.29 is 28.5 Å². The van der Waals surface area contributed by atoms with E-state index < -0.39 is 11.8 Å². The van der Waals surface area contributed by atoms with Gasteiger partial charge in [0, 0.05) is 9.79 Å². The van der Waals surface area contributed by atoms with Crippen LogP contribution in [0.25, 0.3) is 0 Å². The molecule has 2 unspecified atom stereocenters. The molecule has 0 spiro atoms. The number of amides is 2. The quantitative estimate of drug-likeness (QED) is 0.129. The molecular formula is C31H30N2O6S2. The van der Waals surface area contributed by atoms with E-state index in [0.717, 1.165) is 9.79 Å². The molecule has 2 atom stereocenters. The van der Waals surface area contributed by atoms with Gasteiger partial charge in [0.2, 0.25) is 6.79 Å². The lowest BCUT2D eigenvalue weighted by atomic mass is 10.2. The largest absolute Gasteiger partial charge is 0.479 e. The van der Waals surface area contributed by atoms with Gasteiger partial charge >= 0.3 is 0 Å². The molecule has 4 rings (SSSR count). The third-order valence-electron chi connectivity index (χ3n) is 5.56. The van der Waals surface area contributed by atoms with E-state index in [4.69, 9.17) is 30.4 Å². The summed E-state index contributed by atoms with van der Waals surface area (Å²) in [5.41, 5.74) is 11.0. The van der Waals surface area contributed by atoms with Crippen LogP contribution >= 0.6 is 23.5 Å². The number of thioether (sulfide) groups is 2. The van der Waals surface area contributed by atoms with Crippen molar-refractivity contribution in [3.63, 3.8) is 0 Å². The van der Waals surface area contributed by atoms with Gasteiger partial charge in [0.15, 0.2) is 0 Å². The van der Waals surface area contributed by atoms with E-state index >= 15 is 0 Å². The number of hydrogen-bond donors (Lipinski definition) is 2. The molecule has 0 fully saturated rings. The standard InChI is InChI=1S/C31H30N2O6S2/c1-20(40-24-9-5-3-6-10-24)38-28-15-13-22(17-26(28)30(32)34)36-19-37-23-14-16-29(27(18-23)31(33)35)39-21(2)41-25-11-7-4-8-12-25/h3-18,20-21H,19H2,1-2H3,(H2,32,34)(H2,33,35). The summed E-state index contributed by atoms with van der Waals surface area (Å²) >= 11 is 3.03. The first-order valence-electron chi connectivity index (χ1n) is 12.7. The minimum absolute atomic E-state index is 0.183. The van der Waals surface area contributed by atoms with Crippen molar-refractivity contribution in [3.05, 3.63) is 108 Å². The van der Waals surface area contributed by atoms with Gasteiger partial charge in [-0.1, -0.05) is 59.9 Å². The van der Waals surface area contributed by atoms with Crippen molar-refractivity contribution in [2.24, 2.45) is 11.5 Å². The Balaban J connectivity index is 1.35. The highest BCUT2D eigenvalue weighted by Gasteiger charge is 2.17. The maximum Gasteiger partial charge on any atom is 0.252 e. The molecule has 0 saturated heterocycles. The van der Waals surface area contributed by atoms with Crippen LogP contribution in [0.3, 0.4) is 0 Å². The van der Waals surface area contributed by atoms with Crippen LogP contribution in [0.15, 0.2) is 107 Å². The van der Waals surface area contributed by atoms with Crippen LogP contribution in [0.5, 0.6) is 23.0 Å². The van der Waals surface area contributed by atoms with Crippen molar-refractivity contribution in [2.45, 2.75) is 34.5 Å². The molecule has 4 N–H and O–H groups in total. The minimum Gasteiger partial charge on any atom is -0.479 e. The lowest BCUT2D eigenvalue weighted by molar-refractivity contribution is 0.0987. The molecule has 0 aliphatic heterocycles. The zero-order valence-electron chi connectivity index (χ0n) is 22.5. The van der Waals surface area contributed by atoms with E-state index in [2.05, 4.69) is 0 Å². The SMILES string of the molecule is CC(Oc1ccc(OCOc2ccc(OC(C)Sc3ccccc3)c(C(N)=O)c2)cc1C(N)=O)Sc1ccccc1. The lowest BCUT2D eigenvalue weighted by Gasteiger charge is -2.18. The zero-order chi connectivity index (χ0) is 29.2. The van der Waals surface area contributed by atoms with Crippen LogP contribution in [-0.2, 0) is 0 Å². The Bertz CT molecular complexity index is 1360. The molecule has 0 bridgehead atoms. The van der Waals surface area contributed by atoms with E-state index in [1.54, 1.807) is 24.3 Å². The van der Waals surface area contributed by atoms with Crippen LogP contribution in [0.1, 0.15) is 34.6 Å². The van der Waals surface area contributed by atoms with E-state index in [9.17, 15) is 9.59 Å². The summed E-state index contributed by atoms with van der Waals surface area (Å²) in [6.07, 6.45) is 0. The topological polar surface area (TPSA) is 123 Å². The van der Waals surface area contributed by atoms with Gasteiger partial charge < -0.3 is 30.4 Å². The Kier molecular flexibility index (Phi) is 10.4. The van der Waals surface area contributed by atoms with Gasteiger partial charge in [-0.25, -0.2) is 0 Å². The molecule has 0 aromatic heterocycles. The highest BCUT2D eigenvalue weighted by Crippen LogP contribution is 2.31. The van der Waals surface area contributed by atoms with Crippen LogP contribution in [0.2, 0.25) is 0 Å².